The number of thioether (sulfide) groups is 1. The summed E-state index contributed by atoms with van der Waals surface area (Å²) in [5.41, 5.74) is 2.77. The van der Waals surface area contributed by atoms with Crippen molar-refractivity contribution in [1.82, 2.24) is 14.5 Å². The van der Waals surface area contributed by atoms with E-state index in [1.54, 1.807) is 17.7 Å². The number of aryl methyl sites for hydroxylation is 1. The Morgan fingerprint density at radius 1 is 1.00 bits per heavy atom. The molecule has 0 saturated heterocycles. The lowest BCUT2D eigenvalue weighted by Crippen LogP contribution is -2.21. The molecule has 0 aliphatic carbocycles. The highest BCUT2D eigenvalue weighted by atomic mass is 32.2. The Labute approximate surface area is 212 Å². The van der Waals surface area contributed by atoms with Crippen LogP contribution in [0.25, 0.3) is 28.0 Å². The van der Waals surface area contributed by atoms with E-state index in [1.165, 1.54) is 11.8 Å². The van der Waals surface area contributed by atoms with Gasteiger partial charge in [-0.25, -0.2) is 9.97 Å². The molecule has 0 atom stereocenters. The molecule has 0 radical (unpaired) electrons. The molecule has 2 aromatic heterocycles. The van der Waals surface area contributed by atoms with Gasteiger partial charge in [0.2, 0.25) is 5.89 Å². The van der Waals surface area contributed by atoms with Gasteiger partial charge in [0.05, 0.1) is 41.6 Å². The number of oxazole rings is 1. The number of rotatable bonds is 8. The predicted molar refractivity (Wildman–Crippen MR) is 141 cm³/mol. The number of methoxy groups -OCH3 is 1. The number of ether oxygens (including phenoxy) is 2. The maximum absolute atomic E-state index is 13.5. The Morgan fingerprint density at radius 3 is 2.64 bits per heavy atom. The maximum atomic E-state index is 13.5. The molecule has 0 unspecified atom stereocenters. The molecular weight excluding hydrogens is 474 g/mol. The molecule has 36 heavy (non-hydrogen) atoms. The van der Waals surface area contributed by atoms with Crippen LogP contribution in [-0.2, 0) is 5.75 Å². The standard InChI is InChI=1S/C28H25N3O4S/c1-4-34-25-15-8-6-13-22(25)26-29-24(18(2)35-26)17-36-28-30-23-14-7-5-12-21(23)27(32)31(28)19-10-9-11-20(16-19)33-3/h5-16H,4,17H2,1-3H3. The minimum Gasteiger partial charge on any atom is -0.497 e. The molecule has 7 nitrogen and oxygen atoms in total. The van der Waals surface area contributed by atoms with Gasteiger partial charge >= 0.3 is 0 Å². The third-order valence-corrected chi connectivity index (χ3v) is 6.65. The summed E-state index contributed by atoms with van der Waals surface area (Å²) in [6.07, 6.45) is 0. The van der Waals surface area contributed by atoms with Crippen molar-refractivity contribution < 1.29 is 13.9 Å². The normalized spacial score (nSPS) is 11.1. The molecule has 0 amide bonds. The summed E-state index contributed by atoms with van der Waals surface area (Å²) in [6.45, 7) is 4.38. The van der Waals surface area contributed by atoms with Crippen LogP contribution in [-0.4, -0.2) is 28.3 Å². The molecule has 8 heteroatoms. The Kier molecular flexibility index (Phi) is 6.77. The second-order valence-corrected chi connectivity index (χ2v) is 8.94. The smallest absolute Gasteiger partial charge is 0.266 e. The first-order valence-corrected chi connectivity index (χ1v) is 12.5. The maximum Gasteiger partial charge on any atom is 0.266 e. The highest BCUT2D eigenvalue weighted by Gasteiger charge is 2.18. The third-order valence-electron chi connectivity index (χ3n) is 5.70. The molecule has 0 aliphatic rings. The Bertz CT molecular complexity index is 1590. The van der Waals surface area contributed by atoms with Crippen molar-refractivity contribution >= 4 is 22.7 Å². The van der Waals surface area contributed by atoms with E-state index in [4.69, 9.17) is 23.9 Å². The Balaban J connectivity index is 1.53. The lowest BCUT2D eigenvalue weighted by molar-refractivity contribution is 0.340. The zero-order chi connectivity index (χ0) is 25.1. The fourth-order valence-corrected chi connectivity index (χ4v) is 4.94. The lowest BCUT2D eigenvalue weighted by atomic mass is 10.2. The molecule has 0 spiro atoms. The molecular formula is C28H25N3O4S. The van der Waals surface area contributed by atoms with Gasteiger partial charge in [-0.05, 0) is 50.2 Å². The monoisotopic (exact) mass is 499 g/mol. The summed E-state index contributed by atoms with van der Waals surface area (Å²) < 4.78 is 18.8. The molecule has 5 rings (SSSR count). The molecule has 182 valence electrons. The fourth-order valence-electron chi connectivity index (χ4n) is 3.92. The molecule has 0 N–H and O–H groups in total. The number of nitrogens with zero attached hydrogens (tertiary/aromatic N) is 3. The van der Waals surface area contributed by atoms with E-state index >= 15 is 0 Å². The number of aromatic nitrogens is 3. The molecule has 3 aromatic carbocycles. The minimum atomic E-state index is -0.139. The molecule has 0 bridgehead atoms. The fraction of sp³-hybridized carbons (Fsp3) is 0.179. The van der Waals surface area contributed by atoms with Crippen molar-refractivity contribution in [2.45, 2.75) is 24.8 Å². The zero-order valence-electron chi connectivity index (χ0n) is 20.2. The van der Waals surface area contributed by atoms with Crippen molar-refractivity contribution in [3.05, 3.63) is 94.6 Å². The van der Waals surface area contributed by atoms with Crippen molar-refractivity contribution in [2.75, 3.05) is 13.7 Å². The van der Waals surface area contributed by atoms with Gasteiger partial charge < -0.3 is 13.9 Å². The van der Waals surface area contributed by atoms with Crippen LogP contribution in [0.4, 0.5) is 0 Å². The highest BCUT2D eigenvalue weighted by Crippen LogP contribution is 2.33. The van der Waals surface area contributed by atoms with E-state index in [0.29, 0.717) is 51.5 Å². The van der Waals surface area contributed by atoms with Crippen LogP contribution in [0.1, 0.15) is 18.4 Å². The van der Waals surface area contributed by atoms with Crippen molar-refractivity contribution in [1.29, 1.82) is 0 Å². The zero-order valence-corrected chi connectivity index (χ0v) is 21.0. The predicted octanol–water partition coefficient (Wildman–Crippen LogP) is 6.05. The van der Waals surface area contributed by atoms with Crippen LogP contribution in [0, 0.1) is 6.92 Å². The molecule has 2 heterocycles. The van der Waals surface area contributed by atoms with Crippen LogP contribution in [0.15, 0.2) is 87.2 Å². The second-order valence-electron chi connectivity index (χ2n) is 7.99. The highest BCUT2D eigenvalue weighted by molar-refractivity contribution is 7.98. The van der Waals surface area contributed by atoms with Gasteiger partial charge in [-0.2, -0.15) is 0 Å². The van der Waals surface area contributed by atoms with Gasteiger partial charge in [0.15, 0.2) is 5.16 Å². The lowest BCUT2D eigenvalue weighted by Gasteiger charge is -2.13. The molecule has 0 aliphatic heterocycles. The van der Waals surface area contributed by atoms with Gasteiger partial charge in [-0.1, -0.05) is 42.1 Å². The molecule has 0 saturated carbocycles. The topological polar surface area (TPSA) is 79.4 Å². The van der Waals surface area contributed by atoms with Gasteiger partial charge in [-0.3, -0.25) is 9.36 Å². The van der Waals surface area contributed by atoms with Gasteiger partial charge in [0.25, 0.3) is 5.56 Å². The largest absolute Gasteiger partial charge is 0.497 e. The summed E-state index contributed by atoms with van der Waals surface area (Å²) >= 11 is 1.43. The minimum absolute atomic E-state index is 0.139. The number of hydrogen-bond donors (Lipinski definition) is 0. The van der Waals surface area contributed by atoms with Gasteiger partial charge in [-0.15, -0.1) is 0 Å². The summed E-state index contributed by atoms with van der Waals surface area (Å²) in [7, 11) is 1.60. The first-order valence-electron chi connectivity index (χ1n) is 11.6. The third kappa shape index (κ3) is 4.59. The quantitative estimate of drug-likeness (QED) is 0.190. The molecule has 0 fully saturated rings. The first kappa shape index (κ1) is 23.7. The van der Waals surface area contributed by atoms with E-state index in [1.807, 2.05) is 80.6 Å². The van der Waals surface area contributed by atoms with Crippen LogP contribution < -0.4 is 15.0 Å². The van der Waals surface area contributed by atoms with Gasteiger partial charge in [0, 0.05) is 11.8 Å². The second kappa shape index (κ2) is 10.3. The van der Waals surface area contributed by atoms with Crippen molar-refractivity contribution in [3.8, 4) is 28.6 Å². The van der Waals surface area contributed by atoms with E-state index in [0.717, 1.165) is 17.0 Å². The number of hydrogen-bond acceptors (Lipinski definition) is 7. The van der Waals surface area contributed by atoms with Crippen LogP contribution >= 0.6 is 11.8 Å². The summed E-state index contributed by atoms with van der Waals surface area (Å²) in [6, 6.07) is 22.4. The van der Waals surface area contributed by atoms with E-state index in [2.05, 4.69) is 0 Å². The summed E-state index contributed by atoms with van der Waals surface area (Å²) in [5.74, 6) is 3.07. The van der Waals surface area contributed by atoms with E-state index in [9.17, 15) is 4.79 Å². The van der Waals surface area contributed by atoms with Crippen molar-refractivity contribution in [2.24, 2.45) is 0 Å². The average Bonchev–Trinajstić information content (AvgIpc) is 3.28. The van der Waals surface area contributed by atoms with E-state index in [-0.39, 0.29) is 5.56 Å². The average molecular weight is 500 g/mol. The van der Waals surface area contributed by atoms with E-state index < -0.39 is 0 Å². The van der Waals surface area contributed by atoms with Crippen molar-refractivity contribution in [3.63, 3.8) is 0 Å². The Morgan fingerprint density at radius 2 is 1.81 bits per heavy atom. The summed E-state index contributed by atoms with van der Waals surface area (Å²) in [5, 5.41) is 1.11. The number of benzene rings is 3. The first-order chi connectivity index (χ1) is 17.6. The van der Waals surface area contributed by atoms with Gasteiger partial charge in [0.1, 0.15) is 17.3 Å². The summed E-state index contributed by atoms with van der Waals surface area (Å²) in [4.78, 5) is 23.1. The molecule has 5 aromatic rings. The van der Waals surface area contributed by atoms with Crippen LogP contribution in [0.3, 0.4) is 0 Å². The number of fused-ring (bicyclic) bond motifs is 1. The van der Waals surface area contributed by atoms with Crippen LogP contribution in [0.5, 0.6) is 11.5 Å². The SMILES string of the molecule is CCOc1ccccc1-c1nc(CSc2nc3ccccc3c(=O)n2-c2cccc(OC)c2)c(C)o1. The Hall–Kier alpha value is -4.04. The number of para-hydroxylation sites is 2. The van der Waals surface area contributed by atoms with Crippen LogP contribution in [0.2, 0.25) is 0 Å².